The lowest BCUT2D eigenvalue weighted by Gasteiger charge is -2.27. The van der Waals surface area contributed by atoms with Crippen molar-refractivity contribution >= 4 is 17.0 Å². The molecule has 2 aliphatic carbocycles. The van der Waals surface area contributed by atoms with E-state index in [1.807, 2.05) is 25.7 Å². The van der Waals surface area contributed by atoms with Crippen molar-refractivity contribution in [2.75, 3.05) is 13.7 Å². The van der Waals surface area contributed by atoms with Crippen LogP contribution < -0.4 is 0 Å². The molecule has 6 nitrogen and oxygen atoms in total. The van der Waals surface area contributed by atoms with Crippen LogP contribution in [-0.2, 0) is 22.6 Å². The number of amides is 1. The van der Waals surface area contributed by atoms with Crippen molar-refractivity contribution in [3.63, 3.8) is 0 Å². The molecule has 0 unspecified atom stereocenters. The summed E-state index contributed by atoms with van der Waals surface area (Å²) in [5.41, 5.74) is 3.08. The number of methoxy groups -OCH3 is 1. The van der Waals surface area contributed by atoms with Crippen LogP contribution in [0.1, 0.15) is 82.9 Å². The van der Waals surface area contributed by atoms with Crippen LogP contribution in [0.15, 0.2) is 18.2 Å². The fraction of sp³-hybridized carbons (Fsp3) is 0.680. The number of ether oxygens (including phenoxy) is 2. The number of hydrogen-bond donors (Lipinski definition) is 0. The number of hydrogen-bond acceptors (Lipinski definition) is 4. The minimum absolute atomic E-state index is 0.213. The first-order chi connectivity index (χ1) is 14.9. The van der Waals surface area contributed by atoms with Gasteiger partial charge in [0.1, 0.15) is 5.60 Å². The van der Waals surface area contributed by atoms with E-state index < -0.39 is 5.60 Å². The molecule has 2 aromatic rings. The van der Waals surface area contributed by atoms with Gasteiger partial charge < -0.3 is 14.4 Å². The maximum atomic E-state index is 12.8. The zero-order valence-electron chi connectivity index (χ0n) is 19.5. The molecule has 6 heteroatoms. The minimum atomic E-state index is -0.482. The summed E-state index contributed by atoms with van der Waals surface area (Å²) >= 11 is 0. The Morgan fingerprint density at radius 1 is 1.19 bits per heavy atom. The molecule has 31 heavy (non-hydrogen) atoms. The molecule has 0 bridgehead atoms. The Kier molecular flexibility index (Phi) is 6.56. The molecule has 4 rings (SSSR count). The number of aryl methyl sites for hydroxylation is 1. The summed E-state index contributed by atoms with van der Waals surface area (Å²) in [7, 11) is 1.74. The molecule has 1 aromatic heterocycles. The molecule has 2 aliphatic rings. The second-order valence-corrected chi connectivity index (χ2v) is 10.1. The van der Waals surface area contributed by atoms with E-state index in [1.165, 1.54) is 42.3 Å². The fourth-order valence-electron chi connectivity index (χ4n) is 4.62. The lowest BCUT2D eigenvalue weighted by molar-refractivity contribution is 0.0217. The number of carbonyl (C=O) groups excluding carboxylic acids is 1. The average Bonchev–Trinajstić information content (AvgIpc) is 3.27. The molecule has 2 saturated carbocycles. The number of fused-ring (bicyclic) bond motifs is 1. The summed E-state index contributed by atoms with van der Waals surface area (Å²) in [5, 5.41) is 6.32. The van der Waals surface area contributed by atoms with E-state index >= 15 is 0 Å². The summed E-state index contributed by atoms with van der Waals surface area (Å²) in [6.45, 7) is 7.92. The van der Waals surface area contributed by atoms with Crippen molar-refractivity contribution < 1.29 is 14.3 Å². The number of benzene rings is 1. The van der Waals surface area contributed by atoms with Gasteiger partial charge in [-0.2, -0.15) is 5.10 Å². The van der Waals surface area contributed by atoms with Crippen molar-refractivity contribution in [1.29, 1.82) is 0 Å². The molecule has 0 N–H and O–H groups in total. The standard InChI is InChI=1S/C25H37N3O3/c1-25(2,3)31-24(29)27(20-11-12-20)17-18-10-13-21-22(16-18)28(14-7-15-30-4)26-23(21)19-8-5-6-9-19/h10,13,16,19-20H,5-9,11-12,14-15,17H2,1-4H3. The Labute approximate surface area is 185 Å². The van der Waals surface area contributed by atoms with Gasteiger partial charge in [-0.3, -0.25) is 4.68 Å². The third-order valence-corrected chi connectivity index (χ3v) is 6.27. The average molecular weight is 428 g/mol. The van der Waals surface area contributed by atoms with E-state index in [4.69, 9.17) is 14.6 Å². The summed E-state index contributed by atoms with van der Waals surface area (Å²) in [6.07, 6.45) is 7.91. The van der Waals surface area contributed by atoms with Crippen LogP contribution in [0.25, 0.3) is 10.9 Å². The lowest BCUT2D eigenvalue weighted by Crippen LogP contribution is -2.37. The molecule has 0 saturated heterocycles. The van der Waals surface area contributed by atoms with Crippen molar-refractivity contribution in [1.82, 2.24) is 14.7 Å². The minimum Gasteiger partial charge on any atom is -0.444 e. The Bertz CT molecular complexity index is 905. The molecular formula is C25H37N3O3. The molecular weight excluding hydrogens is 390 g/mol. The van der Waals surface area contributed by atoms with Crippen molar-refractivity contribution in [2.45, 2.75) is 96.4 Å². The Morgan fingerprint density at radius 3 is 2.58 bits per heavy atom. The van der Waals surface area contributed by atoms with E-state index in [0.29, 0.717) is 18.5 Å². The molecule has 2 fully saturated rings. The van der Waals surface area contributed by atoms with Gasteiger partial charge in [-0.05, 0) is 64.5 Å². The third kappa shape index (κ3) is 5.40. The summed E-state index contributed by atoms with van der Waals surface area (Å²) in [5.74, 6) is 0.571. The maximum Gasteiger partial charge on any atom is 0.410 e. The quantitative estimate of drug-likeness (QED) is 0.512. The fourth-order valence-corrected chi connectivity index (χ4v) is 4.62. The van der Waals surface area contributed by atoms with Gasteiger partial charge in [-0.25, -0.2) is 4.79 Å². The zero-order valence-corrected chi connectivity index (χ0v) is 19.5. The second kappa shape index (κ2) is 9.19. The van der Waals surface area contributed by atoms with Gasteiger partial charge in [0.05, 0.1) is 11.2 Å². The van der Waals surface area contributed by atoms with Gasteiger partial charge in [0.25, 0.3) is 0 Å². The van der Waals surface area contributed by atoms with Gasteiger partial charge in [0, 0.05) is 44.2 Å². The molecule has 1 heterocycles. The highest BCUT2D eigenvalue weighted by Gasteiger charge is 2.35. The Hall–Kier alpha value is -2.08. The van der Waals surface area contributed by atoms with Crippen molar-refractivity contribution in [3.8, 4) is 0 Å². The van der Waals surface area contributed by atoms with Crippen LogP contribution in [0, 0.1) is 0 Å². The predicted octanol–water partition coefficient (Wildman–Crippen LogP) is 5.63. The number of carbonyl (C=O) groups is 1. The molecule has 0 atom stereocenters. The Balaban J connectivity index is 1.60. The second-order valence-electron chi connectivity index (χ2n) is 10.1. The molecule has 170 valence electrons. The monoisotopic (exact) mass is 427 g/mol. The molecule has 1 amide bonds. The lowest BCUT2D eigenvalue weighted by atomic mass is 10.00. The molecule has 0 aliphatic heterocycles. The highest BCUT2D eigenvalue weighted by Crippen LogP contribution is 2.38. The predicted molar refractivity (Wildman–Crippen MR) is 122 cm³/mol. The highest BCUT2D eigenvalue weighted by atomic mass is 16.6. The van der Waals surface area contributed by atoms with Gasteiger partial charge in [-0.15, -0.1) is 0 Å². The van der Waals surface area contributed by atoms with Crippen LogP contribution in [0.3, 0.4) is 0 Å². The molecule has 1 aromatic carbocycles. The van der Waals surface area contributed by atoms with E-state index in [2.05, 4.69) is 22.9 Å². The number of aromatic nitrogens is 2. The van der Waals surface area contributed by atoms with Crippen LogP contribution in [-0.4, -0.2) is 46.1 Å². The third-order valence-electron chi connectivity index (χ3n) is 6.27. The summed E-state index contributed by atoms with van der Waals surface area (Å²) in [6, 6.07) is 6.92. The largest absolute Gasteiger partial charge is 0.444 e. The van der Waals surface area contributed by atoms with E-state index in [0.717, 1.165) is 38.0 Å². The van der Waals surface area contributed by atoms with Crippen LogP contribution >= 0.6 is 0 Å². The van der Waals surface area contributed by atoms with Crippen LogP contribution in [0.2, 0.25) is 0 Å². The zero-order chi connectivity index (χ0) is 22.0. The SMILES string of the molecule is COCCCn1nc(C2CCCC2)c2ccc(CN(C(=O)OC(C)(C)C)C3CC3)cc21. The number of rotatable bonds is 8. The first-order valence-electron chi connectivity index (χ1n) is 11.8. The van der Waals surface area contributed by atoms with E-state index in [1.54, 1.807) is 7.11 Å². The van der Waals surface area contributed by atoms with Crippen molar-refractivity contribution in [3.05, 3.63) is 29.5 Å². The maximum absolute atomic E-state index is 12.8. The van der Waals surface area contributed by atoms with E-state index in [9.17, 15) is 4.79 Å². The summed E-state index contributed by atoms with van der Waals surface area (Å²) < 4.78 is 13.1. The first-order valence-corrected chi connectivity index (χ1v) is 11.8. The Morgan fingerprint density at radius 2 is 1.94 bits per heavy atom. The van der Waals surface area contributed by atoms with Gasteiger partial charge in [0.15, 0.2) is 0 Å². The topological polar surface area (TPSA) is 56.6 Å². The van der Waals surface area contributed by atoms with Gasteiger partial charge in [-0.1, -0.05) is 25.0 Å². The summed E-state index contributed by atoms with van der Waals surface area (Å²) in [4.78, 5) is 14.7. The van der Waals surface area contributed by atoms with Crippen LogP contribution in [0.4, 0.5) is 4.79 Å². The molecule has 0 radical (unpaired) electrons. The number of nitrogens with zero attached hydrogens (tertiary/aromatic N) is 3. The van der Waals surface area contributed by atoms with Gasteiger partial charge in [0.2, 0.25) is 0 Å². The van der Waals surface area contributed by atoms with Crippen molar-refractivity contribution in [2.24, 2.45) is 0 Å². The highest BCUT2D eigenvalue weighted by molar-refractivity contribution is 5.83. The normalized spacial score (nSPS) is 17.4. The van der Waals surface area contributed by atoms with Crippen LogP contribution in [0.5, 0.6) is 0 Å². The smallest absolute Gasteiger partial charge is 0.410 e. The first kappa shape index (κ1) is 22.1. The van der Waals surface area contributed by atoms with E-state index in [-0.39, 0.29) is 6.09 Å². The molecule has 0 spiro atoms. The van der Waals surface area contributed by atoms with Gasteiger partial charge >= 0.3 is 6.09 Å².